The Morgan fingerprint density at radius 2 is 1.11 bits per heavy atom. The molecule has 0 unspecified atom stereocenters. The molecule has 0 heterocycles. The molecule has 0 aromatic carbocycles. The van der Waals surface area contributed by atoms with Gasteiger partial charge in [0.25, 0.3) is 0 Å². The predicted molar refractivity (Wildman–Crippen MR) is 156 cm³/mol. The van der Waals surface area contributed by atoms with E-state index >= 15 is 0 Å². The first-order chi connectivity index (χ1) is 17.6. The first-order valence-corrected chi connectivity index (χ1v) is 17.0. The SMILES string of the molecule is CCO[Si](OCC)OC(C)(CCCCCCC1=CCCCCC1)CCCCCCC1=CCCCCC1. The Morgan fingerprint density at radius 3 is 1.58 bits per heavy atom. The van der Waals surface area contributed by atoms with E-state index in [0.717, 1.165) is 12.8 Å². The molecule has 36 heavy (non-hydrogen) atoms. The highest BCUT2D eigenvalue weighted by Gasteiger charge is 2.32. The Labute approximate surface area is 226 Å². The number of hydrogen-bond acceptors (Lipinski definition) is 3. The van der Waals surface area contributed by atoms with Crippen LogP contribution < -0.4 is 0 Å². The number of allylic oxidation sites excluding steroid dienone is 4. The molecule has 2 rings (SSSR count). The van der Waals surface area contributed by atoms with Gasteiger partial charge in [-0.05, 0) is 111 Å². The molecule has 2 aliphatic rings. The monoisotopic (exact) mass is 519 g/mol. The molecule has 209 valence electrons. The van der Waals surface area contributed by atoms with Crippen LogP contribution in [-0.4, -0.2) is 28.3 Å². The number of hydrogen-bond donors (Lipinski definition) is 0. The highest BCUT2D eigenvalue weighted by Crippen LogP contribution is 2.29. The molecule has 0 fully saturated rings. The summed E-state index contributed by atoms with van der Waals surface area (Å²) in [5.74, 6) is 0. The molecule has 0 aromatic rings. The predicted octanol–water partition coefficient (Wildman–Crippen LogP) is 10.3. The summed E-state index contributed by atoms with van der Waals surface area (Å²) in [5, 5.41) is 0. The fourth-order valence-corrected chi connectivity index (χ4v) is 7.07. The van der Waals surface area contributed by atoms with Gasteiger partial charge in [0.15, 0.2) is 0 Å². The average Bonchev–Trinajstić information content (AvgIpc) is 3.29. The largest absolute Gasteiger partial charge is 0.578 e. The van der Waals surface area contributed by atoms with Crippen molar-refractivity contribution in [1.82, 2.24) is 0 Å². The van der Waals surface area contributed by atoms with E-state index in [0.29, 0.717) is 13.2 Å². The second kappa shape index (κ2) is 20.5. The van der Waals surface area contributed by atoms with Crippen molar-refractivity contribution in [3.8, 4) is 0 Å². The highest BCUT2D eigenvalue weighted by atomic mass is 28.3. The van der Waals surface area contributed by atoms with Gasteiger partial charge in [-0.2, -0.15) is 0 Å². The normalized spacial score (nSPS) is 17.6. The summed E-state index contributed by atoms with van der Waals surface area (Å²) in [6, 6.07) is 0. The molecule has 3 nitrogen and oxygen atoms in total. The smallest absolute Gasteiger partial charge is 0.371 e. The zero-order valence-corrected chi connectivity index (χ0v) is 25.4. The van der Waals surface area contributed by atoms with Crippen molar-refractivity contribution in [1.29, 1.82) is 0 Å². The number of rotatable bonds is 20. The Hall–Kier alpha value is -0.423. The Morgan fingerprint density at radius 1 is 0.639 bits per heavy atom. The molecule has 0 aliphatic heterocycles. The van der Waals surface area contributed by atoms with Crippen LogP contribution in [0.1, 0.15) is 162 Å². The van der Waals surface area contributed by atoms with Crippen LogP contribution in [-0.2, 0) is 13.3 Å². The maximum absolute atomic E-state index is 6.59. The molecular weight excluding hydrogens is 460 g/mol. The summed E-state index contributed by atoms with van der Waals surface area (Å²) in [6.07, 6.45) is 34.3. The molecule has 0 saturated carbocycles. The van der Waals surface area contributed by atoms with Crippen molar-refractivity contribution < 1.29 is 13.3 Å². The van der Waals surface area contributed by atoms with Crippen LogP contribution in [0.5, 0.6) is 0 Å². The van der Waals surface area contributed by atoms with Crippen molar-refractivity contribution in [3.05, 3.63) is 23.3 Å². The van der Waals surface area contributed by atoms with Gasteiger partial charge in [0.2, 0.25) is 0 Å². The minimum absolute atomic E-state index is 0.119. The standard InChI is InChI=1S/C32H59O3Si/c1-4-33-36(34-5-2)35-32(3,28-20-12-10-18-26-30-22-14-6-7-15-23-30)29-21-13-11-19-27-31-24-16-8-9-17-25-31/h22,24H,4-21,23,25-29H2,1-3H3. The minimum atomic E-state index is -1.65. The van der Waals surface area contributed by atoms with E-state index in [2.05, 4.69) is 19.1 Å². The summed E-state index contributed by atoms with van der Waals surface area (Å²) in [6.45, 7) is 7.73. The van der Waals surface area contributed by atoms with Gasteiger partial charge >= 0.3 is 9.53 Å². The number of unbranched alkanes of at least 4 members (excludes halogenated alkanes) is 6. The zero-order chi connectivity index (χ0) is 25.7. The summed E-state index contributed by atoms with van der Waals surface area (Å²) >= 11 is 0. The Kier molecular flexibility index (Phi) is 18.1. The van der Waals surface area contributed by atoms with Crippen molar-refractivity contribution in [2.24, 2.45) is 0 Å². The van der Waals surface area contributed by atoms with E-state index in [-0.39, 0.29) is 5.60 Å². The van der Waals surface area contributed by atoms with Gasteiger partial charge in [-0.1, -0.05) is 74.7 Å². The minimum Gasteiger partial charge on any atom is -0.371 e. The molecular formula is C32H59O3Si. The summed E-state index contributed by atoms with van der Waals surface area (Å²) in [4.78, 5) is 0. The molecule has 2 aliphatic carbocycles. The van der Waals surface area contributed by atoms with Crippen LogP contribution >= 0.6 is 0 Å². The molecule has 0 bridgehead atoms. The van der Waals surface area contributed by atoms with Crippen molar-refractivity contribution >= 4 is 9.53 Å². The second-order valence-corrected chi connectivity index (χ2v) is 12.7. The van der Waals surface area contributed by atoms with Crippen LogP contribution in [0.4, 0.5) is 0 Å². The maximum atomic E-state index is 6.59. The second-order valence-electron chi connectivity index (χ2n) is 11.4. The third-order valence-corrected chi connectivity index (χ3v) is 9.74. The molecule has 0 atom stereocenters. The van der Waals surface area contributed by atoms with Crippen LogP contribution in [0.25, 0.3) is 0 Å². The molecule has 0 amide bonds. The van der Waals surface area contributed by atoms with E-state index in [1.54, 1.807) is 11.1 Å². The van der Waals surface area contributed by atoms with Gasteiger partial charge in [-0.15, -0.1) is 0 Å². The first kappa shape index (κ1) is 31.8. The first-order valence-electron chi connectivity index (χ1n) is 15.8. The Bertz CT molecular complexity index is 554. The van der Waals surface area contributed by atoms with Gasteiger partial charge in [0, 0.05) is 13.2 Å². The van der Waals surface area contributed by atoms with Gasteiger partial charge in [0.1, 0.15) is 0 Å². The Balaban J connectivity index is 1.69. The lowest BCUT2D eigenvalue weighted by Gasteiger charge is -2.32. The van der Waals surface area contributed by atoms with E-state index in [4.69, 9.17) is 13.3 Å². The van der Waals surface area contributed by atoms with Gasteiger partial charge in [-0.25, -0.2) is 0 Å². The fourth-order valence-electron chi connectivity index (χ4n) is 5.79. The summed E-state index contributed by atoms with van der Waals surface area (Å²) in [5.41, 5.74) is 3.35. The van der Waals surface area contributed by atoms with Crippen LogP contribution in [0, 0.1) is 0 Å². The zero-order valence-electron chi connectivity index (χ0n) is 24.4. The quantitative estimate of drug-likeness (QED) is 0.0909. The van der Waals surface area contributed by atoms with Gasteiger partial charge in [0.05, 0.1) is 5.60 Å². The maximum Gasteiger partial charge on any atom is 0.578 e. The summed E-state index contributed by atoms with van der Waals surface area (Å²) < 4.78 is 18.3. The topological polar surface area (TPSA) is 27.7 Å². The van der Waals surface area contributed by atoms with E-state index in [1.807, 2.05) is 13.8 Å². The molecule has 0 aromatic heterocycles. The average molecular weight is 520 g/mol. The third-order valence-electron chi connectivity index (χ3n) is 8.03. The van der Waals surface area contributed by atoms with Crippen LogP contribution in [0.15, 0.2) is 23.3 Å². The van der Waals surface area contributed by atoms with E-state index in [1.165, 1.54) is 128 Å². The van der Waals surface area contributed by atoms with Gasteiger partial charge in [-0.3, -0.25) is 0 Å². The lowest BCUT2D eigenvalue weighted by molar-refractivity contribution is -0.00952. The van der Waals surface area contributed by atoms with E-state index in [9.17, 15) is 0 Å². The van der Waals surface area contributed by atoms with Crippen LogP contribution in [0.3, 0.4) is 0 Å². The fraction of sp³-hybridized carbons (Fsp3) is 0.875. The van der Waals surface area contributed by atoms with Crippen molar-refractivity contribution in [2.75, 3.05) is 13.2 Å². The van der Waals surface area contributed by atoms with Crippen molar-refractivity contribution in [3.63, 3.8) is 0 Å². The van der Waals surface area contributed by atoms with E-state index < -0.39 is 9.53 Å². The van der Waals surface area contributed by atoms with Crippen LogP contribution in [0.2, 0.25) is 0 Å². The summed E-state index contributed by atoms with van der Waals surface area (Å²) in [7, 11) is -1.65. The highest BCUT2D eigenvalue weighted by molar-refractivity contribution is 6.36. The molecule has 4 heteroatoms. The van der Waals surface area contributed by atoms with Crippen molar-refractivity contribution in [2.45, 2.75) is 168 Å². The lowest BCUT2D eigenvalue weighted by atomic mass is 9.91. The molecule has 1 radical (unpaired) electrons. The van der Waals surface area contributed by atoms with Gasteiger partial charge < -0.3 is 13.3 Å². The molecule has 0 N–H and O–H groups in total. The lowest BCUT2D eigenvalue weighted by Crippen LogP contribution is -2.40. The molecule has 0 spiro atoms. The molecule has 0 saturated heterocycles. The third kappa shape index (κ3) is 15.1.